The number of carbonyl (C=O) groups excluding carboxylic acids is 1. The monoisotopic (exact) mass is 298 g/mol. The number of aromatic nitrogens is 1. The summed E-state index contributed by atoms with van der Waals surface area (Å²) in [6.45, 7) is 0. The Hall–Kier alpha value is -2.53. The standard InChI is InChI=1S/C16H11FN2OS/c17-12-5-3-11(4-6-12)14-7-8-15(21-14)16(20)19-13-2-1-9-18-10-13/h1-10H,(H,19,20). The first-order valence-corrected chi connectivity index (χ1v) is 7.11. The van der Waals surface area contributed by atoms with Crippen LogP contribution in [0.25, 0.3) is 10.4 Å². The van der Waals surface area contributed by atoms with Crippen LogP contribution in [0.3, 0.4) is 0 Å². The van der Waals surface area contributed by atoms with Gasteiger partial charge in [0.25, 0.3) is 5.91 Å². The van der Waals surface area contributed by atoms with E-state index in [1.807, 2.05) is 6.07 Å². The number of hydrogen-bond donors (Lipinski definition) is 1. The van der Waals surface area contributed by atoms with Gasteiger partial charge in [-0.05, 0) is 42.0 Å². The molecule has 0 unspecified atom stereocenters. The van der Waals surface area contributed by atoms with Crippen LogP contribution in [-0.2, 0) is 0 Å². The Morgan fingerprint density at radius 2 is 1.90 bits per heavy atom. The Labute approximate surface area is 125 Å². The summed E-state index contributed by atoms with van der Waals surface area (Å²) in [5.74, 6) is -0.453. The van der Waals surface area contributed by atoms with E-state index in [4.69, 9.17) is 0 Å². The molecule has 3 rings (SSSR count). The van der Waals surface area contributed by atoms with Crippen molar-refractivity contribution in [2.45, 2.75) is 0 Å². The number of nitrogens with one attached hydrogen (secondary N) is 1. The highest BCUT2D eigenvalue weighted by atomic mass is 32.1. The Balaban J connectivity index is 1.78. The molecule has 0 aliphatic rings. The van der Waals surface area contributed by atoms with Crippen molar-refractivity contribution in [3.05, 3.63) is 71.6 Å². The summed E-state index contributed by atoms with van der Waals surface area (Å²) in [6.07, 6.45) is 3.24. The van der Waals surface area contributed by atoms with Gasteiger partial charge < -0.3 is 5.32 Å². The third-order valence-corrected chi connectivity index (χ3v) is 4.01. The normalized spacial score (nSPS) is 10.3. The molecule has 3 aromatic rings. The first-order valence-electron chi connectivity index (χ1n) is 6.29. The second-order valence-electron chi connectivity index (χ2n) is 4.37. The average molecular weight is 298 g/mol. The molecule has 0 aliphatic carbocycles. The topological polar surface area (TPSA) is 42.0 Å². The third-order valence-electron chi connectivity index (χ3n) is 2.88. The van der Waals surface area contributed by atoms with E-state index in [0.29, 0.717) is 10.6 Å². The van der Waals surface area contributed by atoms with E-state index in [-0.39, 0.29) is 11.7 Å². The van der Waals surface area contributed by atoms with E-state index in [1.165, 1.54) is 23.5 Å². The lowest BCUT2D eigenvalue weighted by Gasteiger charge is -2.01. The Morgan fingerprint density at radius 1 is 1.10 bits per heavy atom. The fraction of sp³-hybridized carbons (Fsp3) is 0. The number of halogens is 1. The van der Waals surface area contributed by atoms with Crippen molar-refractivity contribution >= 4 is 22.9 Å². The molecule has 3 nitrogen and oxygen atoms in total. The number of amides is 1. The van der Waals surface area contributed by atoms with Crippen molar-refractivity contribution in [1.29, 1.82) is 0 Å². The van der Waals surface area contributed by atoms with Crippen LogP contribution in [0.2, 0.25) is 0 Å². The molecule has 2 aromatic heterocycles. The predicted octanol–water partition coefficient (Wildman–Crippen LogP) is 4.20. The van der Waals surface area contributed by atoms with E-state index >= 15 is 0 Å². The van der Waals surface area contributed by atoms with Gasteiger partial charge in [0.05, 0.1) is 16.8 Å². The lowest BCUT2D eigenvalue weighted by molar-refractivity contribution is 0.103. The maximum Gasteiger partial charge on any atom is 0.265 e. The molecular formula is C16H11FN2OS. The minimum atomic E-state index is -0.273. The zero-order valence-corrected chi connectivity index (χ0v) is 11.7. The van der Waals surface area contributed by atoms with Crippen molar-refractivity contribution in [3.63, 3.8) is 0 Å². The molecule has 1 aromatic carbocycles. The fourth-order valence-corrected chi connectivity index (χ4v) is 2.77. The first kappa shape index (κ1) is 13.5. The van der Waals surface area contributed by atoms with Gasteiger partial charge in [0.2, 0.25) is 0 Å². The molecule has 104 valence electrons. The van der Waals surface area contributed by atoms with Crippen LogP contribution in [0.5, 0.6) is 0 Å². The Morgan fingerprint density at radius 3 is 2.62 bits per heavy atom. The van der Waals surface area contributed by atoms with Gasteiger partial charge in [-0.2, -0.15) is 0 Å². The fourth-order valence-electron chi connectivity index (χ4n) is 1.86. The number of thiophene rings is 1. The molecule has 0 spiro atoms. The van der Waals surface area contributed by atoms with Crippen LogP contribution >= 0.6 is 11.3 Å². The van der Waals surface area contributed by atoms with Gasteiger partial charge in [0, 0.05) is 11.1 Å². The molecule has 0 bridgehead atoms. The number of hydrogen-bond acceptors (Lipinski definition) is 3. The lowest BCUT2D eigenvalue weighted by Crippen LogP contribution is -2.09. The summed E-state index contributed by atoms with van der Waals surface area (Å²) in [4.78, 5) is 17.6. The van der Waals surface area contributed by atoms with Crippen molar-refractivity contribution in [1.82, 2.24) is 4.98 Å². The number of carbonyl (C=O) groups is 1. The summed E-state index contributed by atoms with van der Waals surface area (Å²) >= 11 is 1.36. The van der Waals surface area contributed by atoms with Crippen LogP contribution in [0.15, 0.2) is 60.9 Å². The van der Waals surface area contributed by atoms with Crippen molar-refractivity contribution in [2.24, 2.45) is 0 Å². The largest absolute Gasteiger partial charge is 0.320 e. The molecule has 0 radical (unpaired) electrons. The zero-order valence-electron chi connectivity index (χ0n) is 10.9. The van der Waals surface area contributed by atoms with Crippen LogP contribution in [0.1, 0.15) is 9.67 Å². The van der Waals surface area contributed by atoms with Crippen LogP contribution in [-0.4, -0.2) is 10.9 Å². The number of nitrogens with zero attached hydrogens (tertiary/aromatic N) is 1. The van der Waals surface area contributed by atoms with Gasteiger partial charge >= 0.3 is 0 Å². The van der Waals surface area contributed by atoms with Gasteiger partial charge in [-0.15, -0.1) is 11.3 Å². The predicted molar refractivity (Wildman–Crippen MR) is 81.9 cm³/mol. The van der Waals surface area contributed by atoms with Gasteiger partial charge in [0.1, 0.15) is 5.82 Å². The Bertz CT molecular complexity index is 753. The summed E-state index contributed by atoms with van der Waals surface area (Å²) in [7, 11) is 0. The maximum atomic E-state index is 12.9. The average Bonchev–Trinajstić information content (AvgIpc) is 2.99. The van der Waals surface area contributed by atoms with Gasteiger partial charge in [-0.1, -0.05) is 12.1 Å². The van der Waals surface area contributed by atoms with Crippen molar-refractivity contribution in [3.8, 4) is 10.4 Å². The van der Waals surface area contributed by atoms with Crippen LogP contribution in [0.4, 0.5) is 10.1 Å². The second-order valence-corrected chi connectivity index (χ2v) is 5.45. The van der Waals surface area contributed by atoms with E-state index in [2.05, 4.69) is 10.3 Å². The summed E-state index contributed by atoms with van der Waals surface area (Å²) in [5.41, 5.74) is 1.54. The van der Waals surface area contributed by atoms with Crippen molar-refractivity contribution in [2.75, 3.05) is 5.32 Å². The minimum absolute atomic E-state index is 0.179. The number of pyridine rings is 1. The molecule has 0 saturated heterocycles. The highest BCUT2D eigenvalue weighted by Crippen LogP contribution is 2.28. The molecular weight excluding hydrogens is 287 g/mol. The van der Waals surface area contributed by atoms with Gasteiger partial charge in [0.15, 0.2) is 0 Å². The molecule has 0 fully saturated rings. The molecule has 5 heteroatoms. The molecule has 0 atom stereocenters. The Kier molecular flexibility index (Phi) is 3.75. The zero-order chi connectivity index (χ0) is 14.7. The van der Waals surface area contributed by atoms with E-state index in [9.17, 15) is 9.18 Å². The molecule has 2 heterocycles. The van der Waals surface area contributed by atoms with Crippen LogP contribution in [0, 0.1) is 5.82 Å². The quantitative estimate of drug-likeness (QED) is 0.787. The van der Waals surface area contributed by atoms with E-state index in [1.54, 1.807) is 42.7 Å². The van der Waals surface area contributed by atoms with Crippen LogP contribution < -0.4 is 5.32 Å². The van der Waals surface area contributed by atoms with Crippen molar-refractivity contribution < 1.29 is 9.18 Å². The van der Waals surface area contributed by atoms with E-state index < -0.39 is 0 Å². The number of rotatable bonds is 3. The second kappa shape index (κ2) is 5.85. The SMILES string of the molecule is O=C(Nc1cccnc1)c1ccc(-c2ccc(F)cc2)s1. The molecule has 0 aliphatic heterocycles. The third kappa shape index (κ3) is 3.14. The van der Waals surface area contributed by atoms with Gasteiger partial charge in [-0.3, -0.25) is 9.78 Å². The molecule has 0 saturated carbocycles. The molecule has 1 N–H and O–H groups in total. The summed E-state index contributed by atoms with van der Waals surface area (Å²) in [6, 6.07) is 13.4. The highest BCUT2D eigenvalue weighted by molar-refractivity contribution is 7.17. The first-order chi connectivity index (χ1) is 10.2. The van der Waals surface area contributed by atoms with Gasteiger partial charge in [-0.25, -0.2) is 4.39 Å². The maximum absolute atomic E-state index is 12.9. The lowest BCUT2D eigenvalue weighted by atomic mass is 10.2. The molecule has 1 amide bonds. The highest BCUT2D eigenvalue weighted by Gasteiger charge is 2.10. The minimum Gasteiger partial charge on any atom is -0.320 e. The van der Waals surface area contributed by atoms with E-state index in [0.717, 1.165) is 10.4 Å². The number of benzene rings is 1. The smallest absolute Gasteiger partial charge is 0.265 e. The summed E-state index contributed by atoms with van der Waals surface area (Å²) < 4.78 is 12.9. The molecule has 21 heavy (non-hydrogen) atoms. The number of anilines is 1. The summed E-state index contributed by atoms with van der Waals surface area (Å²) in [5, 5.41) is 2.78.